The number of aromatic nitrogens is 3. The van der Waals surface area contributed by atoms with Crippen LogP contribution in [0.2, 0.25) is 0 Å². The van der Waals surface area contributed by atoms with Crippen molar-refractivity contribution in [3.05, 3.63) is 65.5 Å². The second kappa shape index (κ2) is 8.59. The number of ether oxygens (including phenoxy) is 1. The number of likely N-dealkylation sites (tertiary alicyclic amines) is 1. The van der Waals surface area contributed by atoms with Crippen LogP contribution in [0, 0.1) is 13.8 Å². The first kappa shape index (κ1) is 20.6. The van der Waals surface area contributed by atoms with Crippen LogP contribution >= 0.6 is 0 Å². The van der Waals surface area contributed by atoms with E-state index in [0.717, 1.165) is 17.7 Å². The number of aryl methyl sites for hydroxylation is 1. The molecule has 1 aliphatic rings. The first-order valence-corrected chi connectivity index (χ1v) is 10.2. The highest BCUT2D eigenvalue weighted by atomic mass is 16.5. The molecule has 1 aliphatic heterocycles. The van der Waals surface area contributed by atoms with E-state index in [4.69, 9.17) is 4.74 Å². The molecule has 2 heterocycles. The zero-order chi connectivity index (χ0) is 22.0. The number of methoxy groups -OCH3 is 1. The molecule has 0 bridgehead atoms. The first-order valence-electron chi connectivity index (χ1n) is 10.2. The summed E-state index contributed by atoms with van der Waals surface area (Å²) in [6.45, 7) is 4.33. The number of rotatable bonds is 5. The molecule has 8 nitrogen and oxygen atoms in total. The van der Waals surface area contributed by atoms with Gasteiger partial charge in [-0.1, -0.05) is 17.3 Å². The number of carbonyl (C=O) groups excluding carboxylic acids is 2. The fourth-order valence-electron chi connectivity index (χ4n) is 3.85. The number of hydrogen-bond donors (Lipinski definition) is 1. The predicted molar refractivity (Wildman–Crippen MR) is 117 cm³/mol. The Morgan fingerprint density at radius 1 is 1.13 bits per heavy atom. The summed E-state index contributed by atoms with van der Waals surface area (Å²) >= 11 is 0. The van der Waals surface area contributed by atoms with E-state index in [-0.39, 0.29) is 17.5 Å². The molecule has 3 aromatic rings. The summed E-state index contributed by atoms with van der Waals surface area (Å²) in [6, 6.07) is 14.4. The number of benzene rings is 2. The lowest BCUT2D eigenvalue weighted by molar-refractivity contribution is -0.119. The van der Waals surface area contributed by atoms with Gasteiger partial charge in [0.15, 0.2) is 5.69 Å². The number of amides is 2. The molecule has 2 aromatic carbocycles. The van der Waals surface area contributed by atoms with E-state index in [2.05, 4.69) is 15.6 Å². The summed E-state index contributed by atoms with van der Waals surface area (Å²) in [5, 5.41) is 11.2. The van der Waals surface area contributed by atoms with Gasteiger partial charge in [-0.25, -0.2) is 4.68 Å². The van der Waals surface area contributed by atoms with Crippen molar-refractivity contribution in [3.63, 3.8) is 0 Å². The Hall–Kier alpha value is -3.68. The van der Waals surface area contributed by atoms with Gasteiger partial charge in [0.1, 0.15) is 11.8 Å². The highest BCUT2D eigenvalue weighted by molar-refractivity contribution is 6.01. The van der Waals surface area contributed by atoms with E-state index >= 15 is 0 Å². The summed E-state index contributed by atoms with van der Waals surface area (Å²) in [5.74, 6) is 0.228. The van der Waals surface area contributed by atoms with Crippen LogP contribution in [0.3, 0.4) is 0 Å². The third-order valence-corrected chi connectivity index (χ3v) is 5.52. The molecule has 0 radical (unpaired) electrons. The van der Waals surface area contributed by atoms with Gasteiger partial charge in [0.2, 0.25) is 5.91 Å². The van der Waals surface area contributed by atoms with Crippen LogP contribution < -0.4 is 10.1 Å². The van der Waals surface area contributed by atoms with Gasteiger partial charge in [-0.2, -0.15) is 0 Å². The average molecular weight is 419 g/mol. The van der Waals surface area contributed by atoms with Crippen LogP contribution in [-0.2, 0) is 4.79 Å². The second-order valence-electron chi connectivity index (χ2n) is 7.65. The topological polar surface area (TPSA) is 89.3 Å². The number of carbonyl (C=O) groups is 2. The van der Waals surface area contributed by atoms with Crippen LogP contribution in [0.4, 0.5) is 5.69 Å². The van der Waals surface area contributed by atoms with E-state index in [1.807, 2.05) is 38.1 Å². The minimum absolute atomic E-state index is 0.209. The highest BCUT2D eigenvalue weighted by Crippen LogP contribution is 2.24. The third-order valence-electron chi connectivity index (χ3n) is 5.52. The number of nitrogens with zero attached hydrogens (tertiary/aromatic N) is 4. The Morgan fingerprint density at radius 2 is 1.90 bits per heavy atom. The zero-order valence-corrected chi connectivity index (χ0v) is 17.8. The van der Waals surface area contributed by atoms with E-state index in [9.17, 15) is 9.59 Å². The lowest BCUT2D eigenvalue weighted by Gasteiger charge is -2.23. The SMILES string of the molecule is COc1ccc(NC(=O)C2CCCN2C(=O)c2nnn(-c3cccc(C)c3)c2C)cc1. The van der Waals surface area contributed by atoms with Gasteiger partial charge in [0.25, 0.3) is 5.91 Å². The summed E-state index contributed by atoms with van der Waals surface area (Å²) in [5.41, 5.74) is 3.52. The predicted octanol–water partition coefficient (Wildman–Crippen LogP) is 3.14. The summed E-state index contributed by atoms with van der Waals surface area (Å²) in [6.07, 6.45) is 1.37. The molecule has 1 saturated heterocycles. The van der Waals surface area contributed by atoms with E-state index in [1.165, 1.54) is 0 Å². The summed E-state index contributed by atoms with van der Waals surface area (Å²) in [7, 11) is 1.59. The summed E-state index contributed by atoms with van der Waals surface area (Å²) in [4.78, 5) is 27.7. The Morgan fingerprint density at radius 3 is 2.61 bits per heavy atom. The largest absolute Gasteiger partial charge is 0.497 e. The van der Waals surface area contributed by atoms with Gasteiger partial charge in [-0.3, -0.25) is 9.59 Å². The van der Waals surface area contributed by atoms with Gasteiger partial charge >= 0.3 is 0 Å². The number of anilines is 1. The molecule has 1 aromatic heterocycles. The molecule has 4 rings (SSSR count). The fraction of sp³-hybridized carbons (Fsp3) is 0.304. The maximum absolute atomic E-state index is 13.2. The average Bonchev–Trinajstić information content (AvgIpc) is 3.41. The molecular weight excluding hydrogens is 394 g/mol. The number of nitrogens with one attached hydrogen (secondary N) is 1. The van der Waals surface area contributed by atoms with Crippen molar-refractivity contribution in [2.45, 2.75) is 32.7 Å². The number of hydrogen-bond acceptors (Lipinski definition) is 5. The zero-order valence-electron chi connectivity index (χ0n) is 17.8. The van der Waals surface area contributed by atoms with Crippen LogP contribution in [0.1, 0.15) is 34.6 Å². The van der Waals surface area contributed by atoms with Crippen molar-refractivity contribution in [2.75, 3.05) is 19.0 Å². The smallest absolute Gasteiger partial charge is 0.277 e. The molecule has 8 heteroatoms. The third kappa shape index (κ3) is 4.14. The van der Waals surface area contributed by atoms with E-state index in [0.29, 0.717) is 30.1 Å². The van der Waals surface area contributed by atoms with Gasteiger partial charge in [-0.15, -0.1) is 5.10 Å². The standard InChI is InChI=1S/C23H25N5O3/c1-15-6-4-7-18(14-15)28-16(2)21(25-26-28)23(30)27-13-5-8-20(27)22(29)24-17-9-11-19(31-3)12-10-17/h4,6-7,9-12,14,20H,5,8,13H2,1-3H3,(H,24,29). The van der Waals surface area contributed by atoms with Crippen LogP contribution in [0.5, 0.6) is 5.75 Å². The maximum atomic E-state index is 13.2. The fourth-order valence-corrected chi connectivity index (χ4v) is 3.85. The van der Waals surface area contributed by atoms with Crippen LogP contribution in [0.15, 0.2) is 48.5 Å². The minimum atomic E-state index is -0.543. The van der Waals surface area contributed by atoms with Crippen molar-refractivity contribution in [3.8, 4) is 11.4 Å². The normalized spacial score (nSPS) is 15.7. The monoisotopic (exact) mass is 419 g/mol. The van der Waals surface area contributed by atoms with E-state index in [1.54, 1.807) is 41.0 Å². The summed E-state index contributed by atoms with van der Waals surface area (Å²) < 4.78 is 6.80. The Bertz CT molecular complexity index is 1110. The van der Waals surface area contributed by atoms with Crippen molar-refractivity contribution in [1.82, 2.24) is 19.9 Å². The van der Waals surface area contributed by atoms with Crippen molar-refractivity contribution in [2.24, 2.45) is 0 Å². The molecule has 0 aliphatic carbocycles. The van der Waals surface area contributed by atoms with Gasteiger partial charge in [0.05, 0.1) is 18.5 Å². The van der Waals surface area contributed by atoms with Crippen molar-refractivity contribution < 1.29 is 14.3 Å². The molecule has 1 fully saturated rings. The quantitative estimate of drug-likeness (QED) is 0.686. The van der Waals surface area contributed by atoms with Gasteiger partial charge < -0.3 is 15.0 Å². The van der Waals surface area contributed by atoms with E-state index < -0.39 is 6.04 Å². The van der Waals surface area contributed by atoms with Crippen LogP contribution in [0.25, 0.3) is 5.69 Å². The molecule has 1 N–H and O–H groups in total. The molecule has 0 spiro atoms. The minimum Gasteiger partial charge on any atom is -0.497 e. The van der Waals surface area contributed by atoms with Crippen LogP contribution in [-0.4, -0.2) is 51.4 Å². The Balaban J connectivity index is 1.52. The molecule has 160 valence electrons. The van der Waals surface area contributed by atoms with Crippen molar-refractivity contribution in [1.29, 1.82) is 0 Å². The molecular formula is C23H25N5O3. The Kier molecular flexibility index (Phi) is 5.70. The van der Waals surface area contributed by atoms with Crippen molar-refractivity contribution >= 4 is 17.5 Å². The second-order valence-corrected chi connectivity index (χ2v) is 7.65. The lowest BCUT2D eigenvalue weighted by Crippen LogP contribution is -2.43. The molecule has 2 amide bonds. The first-order chi connectivity index (χ1) is 15.0. The molecule has 1 atom stereocenters. The highest BCUT2D eigenvalue weighted by Gasteiger charge is 2.36. The molecule has 31 heavy (non-hydrogen) atoms. The van der Waals surface area contributed by atoms with Gasteiger partial charge in [0, 0.05) is 12.2 Å². The molecule has 0 saturated carbocycles. The lowest BCUT2D eigenvalue weighted by atomic mass is 10.2. The Labute approximate surface area is 180 Å². The maximum Gasteiger partial charge on any atom is 0.277 e. The molecule has 1 unspecified atom stereocenters. The van der Waals surface area contributed by atoms with Gasteiger partial charge in [-0.05, 0) is 68.7 Å².